The lowest BCUT2D eigenvalue weighted by Crippen LogP contribution is -2.32. The zero-order chi connectivity index (χ0) is 11.7. The number of aryl methyl sites for hydroxylation is 1. The van der Waals surface area contributed by atoms with E-state index in [2.05, 4.69) is 4.98 Å². The number of fused-ring (bicyclic) bond motifs is 1. The third kappa shape index (κ3) is 1.84. The molecule has 0 saturated carbocycles. The summed E-state index contributed by atoms with van der Waals surface area (Å²) >= 11 is 1.36. The van der Waals surface area contributed by atoms with Gasteiger partial charge in [0.1, 0.15) is 6.54 Å². The summed E-state index contributed by atoms with van der Waals surface area (Å²) in [5.74, 6) is -0.517. The molecule has 0 atom stereocenters. The van der Waals surface area contributed by atoms with Crippen molar-refractivity contribution in [2.75, 3.05) is 6.26 Å². The van der Waals surface area contributed by atoms with Gasteiger partial charge in [-0.25, -0.2) is 4.98 Å². The van der Waals surface area contributed by atoms with E-state index < -0.39 is 5.91 Å². The van der Waals surface area contributed by atoms with Crippen LogP contribution in [0.1, 0.15) is 17.7 Å². The normalized spacial score (nSPS) is 13.8. The van der Waals surface area contributed by atoms with Gasteiger partial charge in [0, 0.05) is 5.56 Å². The molecule has 2 N–H and O–H groups in total. The van der Waals surface area contributed by atoms with E-state index in [1.165, 1.54) is 16.3 Å². The van der Waals surface area contributed by atoms with Gasteiger partial charge in [-0.2, -0.15) is 0 Å². The van der Waals surface area contributed by atoms with Gasteiger partial charge in [-0.3, -0.25) is 14.2 Å². The Labute approximate surface area is 97.1 Å². The van der Waals surface area contributed by atoms with E-state index in [4.69, 9.17) is 5.73 Å². The molecule has 5 nitrogen and oxygen atoms in total. The molecule has 1 amide bonds. The van der Waals surface area contributed by atoms with Crippen molar-refractivity contribution < 1.29 is 4.79 Å². The predicted octanol–water partition coefficient (Wildman–Crippen LogP) is -0.0608. The Morgan fingerprint density at radius 1 is 1.56 bits per heavy atom. The Morgan fingerprint density at radius 2 is 2.31 bits per heavy atom. The summed E-state index contributed by atoms with van der Waals surface area (Å²) in [6.07, 6.45) is 4.41. The number of carbonyl (C=O) groups is 1. The maximum atomic E-state index is 12.1. The summed E-state index contributed by atoms with van der Waals surface area (Å²) in [5, 5.41) is 0.574. The summed E-state index contributed by atoms with van der Waals surface area (Å²) in [7, 11) is 0. The van der Waals surface area contributed by atoms with E-state index in [1.807, 2.05) is 6.26 Å². The number of hydrogen-bond acceptors (Lipinski definition) is 4. The van der Waals surface area contributed by atoms with Crippen molar-refractivity contribution in [1.82, 2.24) is 9.55 Å². The lowest BCUT2D eigenvalue weighted by molar-refractivity contribution is -0.118. The zero-order valence-corrected chi connectivity index (χ0v) is 9.84. The number of rotatable bonds is 3. The third-order valence-electron chi connectivity index (χ3n) is 2.65. The summed E-state index contributed by atoms with van der Waals surface area (Å²) in [6.45, 7) is -0.0880. The molecule has 2 rings (SSSR count). The number of aromatic nitrogens is 2. The number of amides is 1. The van der Waals surface area contributed by atoms with Gasteiger partial charge >= 0.3 is 0 Å². The highest BCUT2D eigenvalue weighted by Crippen LogP contribution is 2.19. The fraction of sp³-hybridized carbons (Fsp3) is 0.500. The van der Waals surface area contributed by atoms with Gasteiger partial charge < -0.3 is 5.73 Å². The molecule has 0 saturated heterocycles. The Hall–Kier alpha value is -1.30. The first-order valence-corrected chi connectivity index (χ1v) is 6.31. The molecular weight excluding hydrogens is 226 g/mol. The van der Waals surface area contributed by atoms with Crippen LogP contribution in [0.15, 0.2) is 9.95 Å². The van der Waals surface area contributed by atoms with Gasteiger partial charge in [0.15, 0.2) is 5.16 Å². The average molecular weight is 239 g/mol. The highest BCUT2D eigenvalue weighted by Gasteiger charge is 2.20. The van der Waals surface area contributed by atoms with E-state index in [9.17, 15) is 9.59 Å². The molecule has 0 fully saturated rings. The van der Waals surface area contributed by atoms with Crippen molar-refractivity contribution in [3.63, 3.8) is 0 Å². The number of carbonyl (C=O) groups excluding carboxylic acids is 1. The molecule has 1 heterocycles. The number of thioether (sulfide) groups is 1. The largest absolute Gasteiger partial charge is 0.368 e. The van der Waals surface area contributed by atoms with Crippen LogP contribution in [-0.2, 0) is 24.2 Å². The molecule has 0 aliphatic heterocycles. The van der Waals surface area contributed by atoms with E-state index in [-0.39, 0.29) is 12.1 Å². The van der Waals surface area contributed by atoms with Crippen molar-refractivity contribution in [2.24, 2.45) is 5.73 Å². The average Bonchev–Trinajstić information content (AvgIpc) is 2.69. The minimum atomic E-state index is -0.517. The van der Waals surface area contributed by atoms with Crippen LogP contribution in [0.4, 0.5) is 0 Å². The zero-order valence-electron chi connectivity index (χ0n) is 9.02. The molecular formula is C10H13N3O2S. The van der Waals surface area contributed by atoms with E-state index in [1.54, 1.807) is 0 Å². The highest BCUT2D eigenvalue weighted by molar-refractivity contribution is 7.98. The standard InChI is InChI=1S/C10H13N3O2S/c1-16-10-12-7-4-2-3-6(7)9(15)13(10)5-8(11)14/h2-5H2,1H3,(H2,11,14). The van der Waals surface area contributed by atoms with Gasteiger partial charge in [-0.1, -0.05) is 11.8 Å². The molecule has 0 radical (unpaired) electrons. The molecule has 0 unspecified atom stereocenters. The Balaban J connectivity index is 2.58. The van der Waals surface area contributed by atoms with Crippen molar-refractivity contribution >= 4 is 17.7 Å². The molecule has 0 spiro atoms. The fourth-order valence-corrected chi connectivity index (χ4v) is 2.53. The lowest BCUT2D eigenvalue weighted by atomic mass is 10.2. The Bertz CT molecular complexity index is 496. The maximum absolute atomic E-state index is 12.1. The molecule has 1 aliphatic carbocycles. The van der Waals surface area contributed by atoms with Crippen molar-refractivity contribution in [2.45, 2.75) is 31.0 Å². The van der Waals surface area contributed by atoms with E-state index in [0.29, 0.717) is 5.16 Å². The van der Waals surface area contributed by atoms with Gasteiger partial charge in [-0.05, 0) is 25.5 Å². The molecule has 6 heteroatoms. The molecule has 1 aromatic heterocycles. The van der Waals surface area contributed by atoms with Crippen LogP contribution in [0.25, 0.3) is 0 Å². The van der Waals surface area contributed by atoms with Crippen molar-refractivity contribution in [1.29, 1.82) is 0 Å². The van der Waals surface area contributed by atoms with Gasteiger partial charge in [-0.15, -0.1) is 0 Å². The van der Waals surface area contributed by atoms with Crippen LogP contribution in [0.3, 0.4) is 0 Å². The maximum Gasteiger partial charge on any atom is 0.258 e. The first-order chi connectivity index (χ1) is 7.63. The van der Waals surface area contributed by atoms with Gasteiger partial charge in [0.25, 0.3) is 5.56 Å². The fourth-order valence-electron chi connectivity index (χ4n) is 1.96. The van der Waals surface area contributed by atoms with Gasteiger partial charge in [0.05, 0.1) is 5.69 Å². The predicted molar refractivity (Wildman–Crippen MR) is 61.5 cm³/mol. The second kappa shape index (κ2) is 4.29. The number of hydrogen-bond donors (Lipinski definition) is 1. The summed E-state index contributed by atoms with van der Waals surface area (Å²) < 4.78 is 1.37. The number of nitrogens with zero attached hydrogens (tertiary/aromatic N) is 2. The Kier molecular flexibility index (Phi) is 3.00. The van der Waals surface area contributed by atoms with Crippen LogP contribution in [0.2, 0.25) is 0 Å². The van der Waals surface area contributed by atoms with Gasteiger partial charge in [0.2, 0.25) is 5.91 Å². The highest BCUT2D eigenvalue weighted by atomic mass is 32.2. The third-order valence-corrected chi connectivity index (χ3v) is 3.33. The second-order valence-electron chi connectivity index (χ2n) is 3.73. The van der Waals surface area contributed by atoms with Crippen LogP contribution >= 0.6 is 11.8 Å². The summed E-state index contributed by atoms with van der Waals surface area (Å²) in [5.41, 5.74) is 6.65. The smallest absolute Gasteiger partial charge is 0.258 e. The molecule has 86 valence electrons. The Morgan fingerprint density at radius 3 is 2.94 bits per heavy atom. The van der Waals surface area contributed by atoms with Crippen LogP contribution in [-0.4, -0.2) is 21.7 Å². The molecule has 1 aromatic rings. The SMILES string of the molecule is CSc1nc2c(c(=O)n1CC(N)=O)CCC2. The van der Waals surface area contributed by atoms with Crippen LogP contribution < -0.4 is 11.3 Å². The van der Waals surface area contributed by atoms with E-state index >= 15 is 0 Å². The lowest BCUT2D eigenvalue weighted by Gasteiger charge is -2.10. The molecule has 0 bridgehead atoms. The first-order valence-electron chi connectivity index (χ1n) is 5.08. The monoisotopic (exact) mass is 239 g/mol. The number of primary amides is 1. The topological polar surface area (TPSA) is 78.0 Å². The van der Waals surface area contributed by atoms with Crippen molar-refractivity contribution in [3.05, 3.63) is 21.6 Å². The summed E-state index contributed by atoms with van der Waals surface area (Å²) in [4.78, 5) is 27.4. The van der Waals surface area contributed by atoms with E-state index in [0.717, 1.165) is 30.5 Å². The second-order valence-corrected chi connectivity index (χ2v) is 4.51. The molecule has 16 heavy (non-hydrogen) atoms. The minimum absolute atomic E-state index is 0.0880. The van der Waals surface area contributed by atoms with Crippen LogP contribution in [0, 0.1) is 0 Å². The minimum Gasteiger partial charge on any atom is -0.368 e. The van der Waals surface area contributed by atoms with Crippen molar-refractivity contribution in [3.8, 4) is 0 Å². The molecule has 1 aliphatic rings. The quantitative estimate of drug-likeness (QED) is 0.592. The summed E-state index contributed by atoms with van der Waals surface area (Å²) in [6, 6.07) is 0. The van der Waals surface area contributed by atoms with Crippen LogP contribution in [0.5, 0.6) is 0 Å². The number of nitrogens with two attached hydrogens (primary N) is 1. The molecule has 0 aromatic carbocycles. The first kappa shape index (κ1) is 11.2.